The standard InChI is InChI=1S/C10H21N3OS/c11-3-1-4-12-5-2-6-13-8-9(15)7-10(13)14/h9,12,15H,1-8,11H2. The predicted molar refractivity (Wildman–Crippen MR) is 65.1 cm³/mol. The first kappa shape index (κ1) is 12.8. The molecule has 88 valence electrons. The molecular weight excluding hydrogens is 210 g/mol. The Balaban J connectivity index is 1.98. The Kier molecular flexibility index (Phi) is 6.05. The average Bonchev–Trinajstić information content (AvgIpc) is 2.51. The van der Waals surface area contributed by atoms with Crippen LogP contribution < -0.4 is 11.1 Å². The summed E-state index contributed by atoms with van der Waals surface area (Å²) in [6.07, 6.45) is 2.63. The summed E-state index contributed by atoms with van der Waals surface area (Å²) < 4.78 is 0. The van der Waals surface area contributed by atoms with Crippen molar-refractivity contribution in [2.75, 3.05) is 32.7 Å². The van der Waals surface area contributed by atoms with E-state index in [1.165, 1.54) is 0 Å². The Labute approximate surface area is 97.0 Å². The van der Waals surface area contributed by atoms with Crippen LogP contribution >= 0.6 is 12.6 Å². The minimum Gasteiger partial charge on any atom is -0.342 e. The lowest BCUT2D eigenvalue weighted by Crippen LogP contribution is -2.29. The van der Waals surface area contributed by atoms with Crippen LogP contribution in [0.25, 0.3) is 0 Å². The molecule has 1 aliphatic rings. The van der Waals surface area contributed by atoms with Crippen molar-refractivity contribution in [3.8, 4) is 0 Å². The maximum absolute atomic E-state index is 11.4. The molecule has 0 aromatic carbocycles. The van der Waals surface area contributed by atoms with Gasteiger partial charge in [-0.05, 0) is 32.5 Å². The second-order valence-electron chi connectivity index (χ2n) is 3.94. The van der Waals surface area contributed by atoms with Gasteiger partial charge >= 0.3 is 0 Å². The van der Waals surface area contributed by atoms with Gasteiger partial charge in [0.25, 0.3) is 0 Å². The van der Waals surface area contributed by atoms with Crippen molar-refractivity contribution < 1.29 is 4.79 Å². The molecule has 1 fully saturated rings. The molecule has 15 heavy (non-hydrogen) atoms. The number of hydrogen-bond acceptors (Lipinski definition) is 4. The molecule has 4 nitrogen and oxygen atoms in total. The zero-order valence-corrected chi connectivity index (χ0v) is 10.0. The van der Waals surface area contributed by atoms with Gasteiger partial charge in [0.1, 0.15) is 0 Å². The Morgan fingerprint density at radius 1 is 1.47 bits per heavy atom. The molecule has 0 bridgehead atoms. The van der Waals surface area contributed by atoms with Crippen molar-refractivity contribution in [2.24, 2.45) is 5.73 Å². The number of amides is 1. The predicted octanol–water partition coefficient (Wildman–Crippen LogP) is -0.154. The van der Waals surface area contributed by atoms with Gasteiger partial charge in [-0.25, -0.2) is 0 Å². The third kappa shape index (κ3) is 4.86. The van der Waals surface area contributed by atoms with Gasteiger partial charge in [-0.1, -0.05) is 0 Å². The molecule has 0 saturated carbocycles. The number of likely N-dealkylation sites (tertiary alicyclic amines) is 1. The maximum Gasteiger partial charge on any atom is 0.223 e. The number of hydrogen-bond donors (Lipinski definition) is 3. The van der Waals surface area contributed by atoms with Crippen molar-refractivity contribution in [1.29, 1.82) is 0 Å². The van der Waals surface area contributed by atoms with Gasteiger partial charge in [-0.15, -0.1) is 0 Å². The molecule has 1 rings (SSSR count). The molecule has 0 aromatic heterocycles. The Bertz CT molecular complexity index is 201. The van der Waals surface area contributed by atoms with Crippen molar-refractivity contribution in [3.63, 3.8) is 0 Å². The van der Waals surface area contributed by atoms with Gasteiger partial charge < -0.3 is 16.0 Å². The van der Waals surface area contributed by atoms with E-state index in [9.17, 15) is 4.79 Å². The lowest BCUT2D eigenvalue weighted by molar-refractivity contribution is -0.127. The fourth-order valence-corrected chi connectivity index (χ4v) is 2.07. The molecular formula is C10H21N3OS. The Hall–Kier alpha value is -0.260. The number of nitrogens with one attached hydrogen (secondary N) is 1. The van der Waals surface area contributed by atoms with Crippen LogP contribution in [0.3, 0.4) is 0 Å². The highest BCUT2D eigenvalue weighted by Crippen LogP contribution is 2.15. The molecule has 0 aromatic rings. The van der Waals surface area contributed by atoms with Crippen LogP contribution in [0.2, 0.25) is 0 Å². The second kappa shape index (κ2) is 7.09. The van der Waals surface area contributed by atoms with E-state index in [-0.39, 0.29) is 11.2 Å². The van der Waals surface area contributed by atoms with E-state index in [0.717, 1.165) is 45.6 Å². The summed E-state index contributed by atoms with van der Waals surface area (Å²) in [5, 5.41) is 3.54. The first-order valence-electron chi connectivity index (χ1n) is 5.60. The summed E-state index contributed by atoms with van der Waals surface area (Å²) in [6, 6.07) is 0. The smallest absolute Gasteiger partial charge is 0.223 e. The fraction of sp³-hybridized carbons (Fsp3) is 0.900. The first-order valence-corrected chi connectivity index (χ1v) is 6.12. The number of nitrogens with two attached hydrogens (primary N) is 1. The van der Waals surface area contributed by atoms with Crippen LogP contribution in [0.5, 0.6) is 0 Å². The minimum absolute atomic E-state index is 0.239. The first-order chi connectivity index (χ1) is 7.24. The highest BCUT2D eigenvalue weighted by molar-refractivity contribution is 7.81. The molecule has 1 amide bonds. The number of thiol groups is 1. The maximum atomic E-state index is 11.4. The summed E-state index contributed by atoms with van der Waals surface area (Å²) in [5.74, 6) is 0.247. The zero-order valence-electron chi connectivity index (χ0n) is 9.11. The number of nitrogens with zero attached hydrogens (tertiary/aromatic N) is 1. The van der Waals surface area contributed by atoms with Crippen molar-refractivity contribution >= 4 is 18.5 Å². The summed E-state index contributed by atoms with van der Waals surface area (Å²) in [4.78, 5) is 13.3. The average molecular weight is 231 g/mol. The molecule has 0 spiro atoms. The molecule has 1 aliphatic heterocycles. The van der Waals surface area contributed by atoms with Crippen LogP contribution in [-0.4, -0.2) is 48.8 Å². The van der Waals surface area contributed by atoms with Crippen molar-refractivity contribution in [2.45, 2.75) is 24.5 Å². The van der Waals surface area contributed by atoms with E-state index in [0.29, 0.717) is 6.42 Å². The van der Waals surface area contributed by atoms with E-state index >= 15 is 0 Å². The van der Waals surface area contributed by atoms with Crippen molar-refractivity contribution in [1.82, 2.24) is 10.2 Å². The largest absolute Gasteiger partial charge is 0.342 e. The quantitative estimate of drug-likeness (QED) is 0.422. The van der Waals surface area contributed by atoms with Gasteiger partial charge in [0.05, 0.1) is 0 Å². The van der Waals surface area contributed by atoms with Crippen molar-refractivity contribution in [3.05, 3.63) is 0 Å². The van der Waals surface area contributed by atoms with Crippen LogP contribution in [0.4, 0.5) is 0 Å². The van der Waals surface area contributed by atoms with Crippen LogP contribution in [0.15, 0.2) is 0 Å². The molecule has 0 aliphatic carbocycles. The van der Waals surface area contributed by atoms with Gasteiger partial charge in [-0.2, -0.15) is 12.6 Å². The minimum atomic E-state index is 0.239. The number of carbonyl (C=O) groups excluding carboxylic acids is 1. The molecule has 1 saturated heterocycles. The molecule has 5 heteroatoms. The van der Waals surface area contributed by atoms with Gasteiger partial charge in [0.2, 0.25) is 5.91 Å². The second-order valence-corrected chi connectivity index (χ2v) is 4.67. The van der Waals surface area contributed by atoms with E-state index < -0.39 is 0 Å². The normalized spacial score (nSPS) is 21.3. The van der Waals surface area contributed by atoms with E-state index in [2.05, 4.69) is 17.9 Å². The topological polar surface area (TPSA) is 58.4 Å². The van der Waals surface area contributed by atoms with Gasteiger partial charge in [0, 0.05) is 24.8 Å². The SMILES string of the molecule is NCCCNCCCN1CC(S)CC1=O. The van der Waals surface area contributed by atoms with E-state index in [1.807, 2.05) is 4.90 Å². The van der Waals surface area contributed by atoms with E-state index in [1.54, 1.807) is 0 Å². The fourth-order valence-electron chi connectivity index (χ4n) is 1.71. The highest BCUT2D eigenvalue weighted by atomic mass is 32.1. The van der Waals surface area contributed by atoms with Crippen LogP contribution in [0.1, 0.15) is 19.3 Å². The Morgan fingerprint density at radius 2 is 2.20 bits per heavy atom. The van der Waals surface area contributed by atoms with Gasteiger partial charge in [0.15, 0.2) is 0 Å². The molecule has 3 N–H and O–H groups in total. The molecule has 1 unspecified atom stereocenters. The van der Waals surface area contributed by atoms with Gasteiger partial charge in [-0.3, -0.25) is 4.79 Å². The van der Waals surface area contributed by atoms with Crippen LogP contribution in [0, 0.1) is 0 Å². The molecule has 0 radical (unpaired) electrons. The number of carbonyl (C=O) groups is 1. The Morgan fingerprint density at radius 3 is 2.80 bits per heavy atom. The summed E-state index contributed by atoms with van der Waals surface area (Å²) >= 11 is 4.31. The monoisotopic (exact) mass is 231 g/mol. The number of rotatable bonds is 7. The third-order valence-corrected chi connectivity index (χ3v) is 2.88. The molecule has 1 atom stereocenters. The summed E-state index contributed by atoms with van der Waals surface area (Å²) in [7, 11) is 0. The van der Waals surface area contributed by atoms with Crippen LogP contribution in [-0.2, 0) is 4.79 Å². The highest BCUT2D eigenvalue weighted by Gasteiger charge is 2.26. The van der Waals surface area contributed by atoms with E-state index in [4.69, 9.17) is 5.73 Å². The zero-order chi connectivity index (χ0) is 11.1. The lowest BCUT2D eigenvalue weighted by atomic mass is 10.3. The summed E-state index contributed by atoms with van der Waals surface area (Å²) in [6.45, 7) is 4.33. The third-order valence-electron chi connectivity index (χ3n) is 2.53. The molecule has 1 heterocycles. The lowest BCUT2D eigenvalue weighted by Gasteiger charge is -2.15. The summed E-state index contributed by atoms with van der Waals surface area (Å²) in [5.41, 5.74) is 5.37.